The van der Waals surface area contributed by atoms with Crippen LogP contribution in [0.1, 0.15) is 12.8 Å². The third kappa shape index (κ3) is 3.68. The second-order valence-corrected chi connectivity index (χ2v) is 4.35. The van der Waals surface area contributed by atoms with E-state index in [1.165, 1.54) is 12.1 Å². The van der Waals surface area contributed by atoms with Crippen LogP contribution in [0.2, 0.25) is 0 Å². The Morgan fingerprint density at radius 3 is 2.65 bits per heavy atom. The third-order valence-electron chi connectivity index (χ3n) is 2.97. The predicted molar refractivity (Wildman–Crippen MR) is 61.4 cm³/mol. The molecule has 1 N–H and O–H groups in total. The van der Waals surface area contributed by atoms with Gasteiger partial charge in [-0.05, 0) is 37.1 Å². The zero-order valence-corrected chi connectivity index (χ0v) is 9.64. The molecule has 0 unspecified atom stereocenters. The molecule has 0 radical (unpaired) electrons. The molecule has 0 amide bonds. The van der Waals surface area contributed by atoms with Gasteiger partial charge in [0.15, 0.2) is 0 Å². The molecule has 4 heteroatoms. The van der Waals surface area contributed by atoms with Gasteiger partial charge in [-0.2, -0.15) is 0 Å². The molecule has 0 aromatic heterocycles. The standard InChI is InChI=1S/C13H17FO3/c14-11-2-5-12(6-3-11)16-8-10-1-4-13(7-15)17-9-10/h2-3,5-6,10,13,15H,1,4,7-9H2/t10-,13-/m0/s1. The van der Waals surface area contributed by atoms with Crippen LogP contribution in [0.25, 0.3) is 0 Å². The number of hydrogen-bond donors (Lipinski definition) is 1. The first kappa shape index (κ1) is 12.3. The molecule has 2 atom stereocenters. The predicted octanol–water partition coefficient (Wildman–Crippen LogP) is 1.99. The van der Waals surface area contributed by atoms with Crippen molar-refractivity contribution in [2.45, 2.75) is 18.9 Å². The van der Waals surface area contributed by atoms with Gasteiger partial charge >= 0.3 is 0 Å². The zero-order valence-electron chi connectivity index (χ0n) is 9.64. The minimum absolute atomic E-state index is 0.0166. The summed E-state index contributed by atoms with van der Waals surface area (Å²) in [6.07, 6.45) is 1.84. The minimum atomic E-state index is -0.260. The van der Waals surface area contributed by atoms with E-state index in [9.17, 15) is 4.39 Å². The fourth-order valence-corrected chi connectivity index (χ4v) is 1.88. The minimum Gasteiger partial charge on any atom is -0.493 e. The van der Waals surface area contributed by atoms with Crippen molar-refractivity contribution in [2.75, 3.05) is 19.8 Å². The summed E-state index contributed by atoms with van der Waals surface area (Å²) < 4.78 is 23.7. The van der Waals surface area contributed by atoms with Crippen molar-refractivity contribution >= 4 is 0 Å². The van der Waals surface area contributed by atoms with Crippen LogP contribution >= 0.6 is 0 Å². The quantitative estimate of drug-likeness (QED) is 0.874. The summed E-state index contributed by atoms with van der Waals surface area (Å²) in [5, 5.41) is 8.92. The highest BCUT2D eigenvalue weighted by molar-refractivity contribution is 5.22. The molecule has 1 aliphatic rings. The lowest BCUT2D eigenvalue weighted by molar-refractivity contribution is -0.0508. The smallest absolute Gasteiger partial charge is 0.123 e. The first-order valence-electron chi connectivity index (χ1n) is 5.88. The van der Waals surface area contributed by atoms with E-state index in [1.807, 2.05) is 0 Å². The maximum absolute atomic E-state index is 12.7. The van der Waals surface area contributed by atoms with E-state index in [0.717, 1.165) is 12.8 Å². The Bertz CT molecular complexity index is 331. The van der Waals surface area contributed by atoms with Gasteiger partial charge in [0.1, 0.15) is 11.6 Å². The van der Waals surface area contributed by atoms with E-state index in [2.05, 4.69) is 0 Å². The zero-order chi connectivity index (χ0) is 12.1. The molecule has 1 aliphatic heterocycles. The summed E-state index contributed by atoms with van der Waals surface area (Å²) in [5.74, 6) is 0.766. The van der Waals surface area contributed by atoms with E-state index in [4.69, 9.17) is 14.6 Å². The van der Waals surface area contributed by atoms with Gasteiger partial charge in [-0.3, -0.25) is 0 Å². The molecule has 0 spiro atoms. The highest BCUT2D eigenvalue weighted by Crippen LogP contribution is 2.20. The van der Waals surface area contributed by atoms with Gasteiger partial charge in [-0.25, -0.2) is 4.39 Å². The fraction of sp³-hybridized carbons (Fsp3) is 0.538. The summed E-state index contributed by atoms with van der Waals surface area (Å²) in [4.78, 5) is 0. The molecule has 0 aliphatic carbocycles. The third-order valence-corrected chi connectivity index (χ3v) is 2.97. The summed E-state index contributed by atoms with van der Waals surface area (Å²) in [5.41, 5.74) is 0. The van der Waals surface area contributed by atoms with Crippen molar-refractivity contribution < 1.29 is 19.0 Å². The van der Waals surface area contributed by atoms with Crippen molar-refractivity contribution in [1.82, 2.24) is 0 Å². The van der Waals surface area contributed by atoms with Gasteiger partial charge in [0.2, 0.25) is 0 Å². The molecule has 1 aromatic rings. The largest absolute Gasteiger partial charge is 0.493 e. The van der Waals surface area contributed by atoms with Crippen molar-refractivity contribution in [3.8, 4) is 5.75 Å². The second kappa shape index (κ2) is 5.98. The second-order valence-electron chi connectivity index (χ2n) is 4.35. The highest BCUT2D eigenvalue weighted by atomic mass is 19.1. The van der Waals surface area contributed by atoms with Crippen LogP contribution in [0.4, 0.5) is 4.39 Å². The first-order chi connectivity index (χ1) is 8.28. The lowest BCUT2D eigenvalue weighted by Crippen LogP contribution is -2.31. The molecule has 2 rings (SSSR count). The maximum atomic E-state index is 12.7. The topological polar surface area (TPSA) is 38.7 Å². The Morgan fingerprint density at radius 2 is 2.06 bits per heavy atom. The van der Waals surface area contributed by atoms with Crippen LogP contribution in [-0.2, 0) is 4.74 Å². The molecule has 1 heterocycles. The molecule has 0 saturated carbocycles. The van der Waals surface area contributed by atoms with Crippen LogP contribution in [0, 0.1) is 11.7 Å². The van der Waals surface area contributed by atoms with Gasteiger partial charge in [-0.1, -0.05) is 0 Å². The van der Waals surface area contributed by atoms with E-state index in [-0.39, 0.29) is 18.5 Å². The molecular formula is C13H17FO3. The Hall–Kier alpha value is -1.13. The van der Waals surface area contributed by atoms with Gasteiger partial charge in [0, 0.05) is 5.92 Å². The van der Waals surface area contributed by atoms with Gasteiger partial charge in [0.25, 0.3) is 0 Å². The van der Waals surface area contributed by atoms with Crippen molar-refractivity contribution in [2.24, 2.45) is 5.92 Å². The Kier molecular flexibility index (Phi) is 4.34. The average Bonchev–Trinajstić information content (AvgIpc) is 2.39. The molecule has 3 nitrogen and oxygen atoms in total. The normalized spacial score (nSPS) is 24.6. The highest BCUT2D eigenvalue weighted by Gasteiger charge is 2.21. The van der Waals surface area contributed by atoms with Crippen molar-refractivity contribution in [3.63, 3.8) is 0 Å². The SMILES string of the molecule is OC[C@@H]1CC[C@@H](COc2ccc(F)cc2)CO1. The van der Waals surface area contributed by atoms with Crippen LogP contribution < -0.4 is 4.74 Å². The number of rotatable bonds is 4. The number of hydrogen-bond acceptors (Lipinski definition) is 3. The molecular weight excluding hydrogens is 223 g/mol. The Balaban J connectivity index is 1.74. The van der Waals surface area contributed by atoms with E-state index < -0.39 is 0 Å². The van der Waals surface area contributed by atoms with Crippen molar-refractivity contribution in [1.29, 1.82) is 0 Å². The van der Waals surface area contributed by atoms with Gasteiger partial charge in [0.05, 0.1) is 25.9 Å². The lowest BCUT2D eigenvalue weighted by Gasteiger charge is -2.27. The van der Waals surface area contributed by atoms with E-state index in [1.54, 1.807) is 12.1 Å². The fourth-order valence-electron chi connectivity index (χ4n) is 1.88. The number of ether oxygens (including phenoxy) is 2. The van der Waals surface area contributed by atoms with Crippen LogP contribution in [0.15, 0.2) is 24.3 Å². The van der Waals surface area contributed by atoms with E-state index in [0.29, 0.717) is 24.9 Å². The average molecular weight is 240 g/mol. The van der Waals surface area contributed by atoms with Crippen LogP contribution in [-0.4, -0.2) is 31.0 Å². The molecule has 1 saturated heterocycles. The molecule has 17 heavy (non-hydrogen) atoms. The molecule has 1 fully saturated rings. The molecule has 1 aromatic carbocycles. The lowest BCUT2D eigenvalue weighted by atomic mass is 9.99. The van der Waals surface area contributed by atoms with Crippen LogP contribution in [0.3, 0.4) is 0 Å². The van der Waals surface area contributed by atoms with Crippen molar-refractivity contribution in [3.05, 3.63) is 30.1 Å². The van der Waals surface area contributed by atoms with Crippen LogP contribution in [0.5, 0.6) is 5.75 Å². The number of halogens is 1. The summed E-state index contributed by atoms with van der Waals surface area (Å²) in [6, 6.07) is 6.01. The molecule has 94 valence electrons. The monoisotopic (exact) mass is 240 g/mol. The molecule has 0 bridgehead atoms. The summed E-state index contributed by atoms with van der Waals surface area (Å²) in [6.45, 7) is 1.28. The number of aliphatic hydroxyl groups is 1. The van der Waals surface area contributed by atoms with Gasteiger partial charge in [-0.15, -0.1) is 0 Å². The summed E-state index contributed by atoms with van der Waals surface area (Å²) >= 11 is 0. The Morgan fingerprint density at radius 1 is 1.29 bits per heavy atom. The summed E-state index contributed by atoms with van der Waals surface area (Å²) in [7, 11) is 0. The van der Waals surface area contributed by atoms with Gasteiger partial charge < -0.3 is 14.6 Å². The number of aliphatic hydroxyl groups excluding tert-OH is 1. The van der Waals surface area contributed by atoms with E-state index >= 15 is 0 Å². The maximum Gasteiger partial charge on any atom is 0.123 e. The first-order valence-corrected chi connectivity index (χ1v) is 5.88. The number of benzene rings is 1. The Labute approximate surface area is 100 Å².